The van der Waals surface area contributed by atoms with Gasteiger partial charge in [0.25, 0.3) is 5.91 Å². The Kier molecular flexibility index (Phi) is 5.58. The number of nitrogens with one attached hydrogen (secondary N) is 1. The summed E-state index contributed by atoms with van der Waals surface area (Å²) in [6.45, 7) is 8.90. The highest BCUT2D eigenvalue weighted by molar-refractivity contribution is 6.06. The lowest BCUT2D eigenvalue weighted by molar-refractivity contribution is -0.125. The van der Waals surface area contributed by atoms with Crippen LogP contribution in [0.2, 0.25) is 0 Å². The zero-order valence-corrected chi connectivity index (χ0v) is 18.0. The first-order valence-electron chi connectivity index (χ1n) is 10.2. The molecule has 8 nitrogen and oxygen atoms in total. The van der Waals surface area contributed by atoms with Gasteiger partial charge in [0.1, 0.15) is 5.82 Å². The average molecular weight is 424 g/mol. The molecule has 1 amide bonds. The molecular formula is C22H25FN6O2. The van der Waals surface area contributed by atoms with E-state index in [9.17, 15) is 9.18 Å². The van der Waals surface area contributed by atoms with Crippen molar-refractivity contribution in [3.63, 3.8) is 0 Å². The molecule has 2 aromatic heterocycles. The van der Waals surface area contributed by atoms with E-state index in [2.05, 4.69) is 20.7 Å². The number of oxime groups is 1. The van der Waals surface area contributed by atoms with E-state index in [1.54, 1.807) is 16.8 Å². The van der Waals surface area contributed by atoms with Crippen LogP contribution in [-0.2, 0) is 22.7 Å². The number of benzene rings is 1. The van der Waals surface area contributed by atoms with Gasteiger partial charge in [-0.25, -0.2) is 4.39 Å². The van der Waals surface area contributed by atoms with Gasteiger partial charge in [-0.3, -0.25) is 14.2 Å². The van der Waals surface area contributed by atoms with Crippen molar-refractivity contribution in [2.75, 3.05) is 5.32 Å². The minimum atomic E-state index is -0.710. The van der Waals surface area contributed by atoms with Crippen molar-refractivity contribution in [3.8, 4) is 0 Å². The highest BCUT2D eigenvalue weighted by Crippen LogP contribution is 2.24. The molecule has 0 unspecified atom stereocenters. The SMILES string of the molecule is CCn1cc(C2=NO[C@H](C(=O)Nc3c(C)nn(Cc4ccc(F)cc4)c3C)C2)c(C)n1. The molecule has 0 aliphatic carbocycles. The summed E-state index contributed by atoms with van der Waals surface area (Å²) in [5.41, 5.74) is 5.57. The van der Waals surface area contributed by atoms with Gasteiger partial charge >= 0.3 is 0 Å². The number of amides is 1. The predicted molar refractivity (Wildman–Crippen MR) is 114 cm³/mol. The average Bonchev–Trinajstić information content (AvgIpc) is 3.44. The number of carbonyl (C=O) groups excluding carboxylic acids is 1. The third-order valence-corrected chi connectivity index (χ3v) is 5.42. The van der Waals surface area contributed by atoms with Gasteiger partial charge in [-0.15, -0.1) is 0 Å². The fourth-order valence-corrected chi connectivity index (χ4v) is 3.64. The Morgan fingerprint density at radius 3 is 2.61 bits per heavy atom. The third-order valence-electron chi connectivity index (χ3n) is 5.42. The maximum Gasteiger partial charge on any atom is 0.268 e. The smallest absolute Gasteiger partial charge is 0.268 e. The Morgan fingerprint density at radius 1 is 1.19 bits per heavy atom. The summed E-state index contributed by atoms with van der Waals surface area (Å²) in [4.78, 5) is 18.3. The molecule has 1 atom stereocenters. The standard InChI is InChI=1S/C22H25FN6O2/c1-5-28-12-18(13(2)25-28)19-10-20(31-27-19)22(30)24-21-14(3)26-29(15(21)4)11-16-6-8-17(23)9-7-16/h6-9,12,20H,5,10-11H2,1-4H3,(H,24,30)/t20-/m0/s1. The van der Waals surface area contributed by atoms with Crippen LogP contribution in [0.1, 0.15) is 41.6 Å². The van der Waals surface area contributed by atoms with Gasteiger partial charge < -0.3 is 10.2 Å². The summed E-state index contributed by atoms with van der Waals surface area (Å²) in [6.07, 6.45) is 1.59. The Balaban J connectivity index is 1.44. The van der Waals surface area contributed by atoms with E-state index < -0.39 is 6.10 Å². The van der Waals surface area contributed by atoms with Crippen LogP contribution in [0.3, 0.4) is 0 Å². The molecule has 4 rings (SSSR count). The maximum atomic E-state index is 13.1. The molecule has 0 saturated carbocycles. The maximum absolute atomic E-state index is 13.1. The number of hydrogen-bond donors (Lipinski definition) is 1. The molecule has 0 saturated heterocycles. The first-order valence-corrected chi connectivity index (χ1v) is 10.2. The third kappa shape index (κ3) is 4.21. The first-order chi connectivity index (χ1) is 14.9. The lowest BCUT2D eigenvalue weighted by Crippen LogP contribution is -2.28. The van der Waals surface area contributed by atoms with Crippen LogP contribution in [0.4, 0.5) is 10.1 Å². The van der Waals surface area contributed by atoms with Crippen molar-refractivity contribution in [2.45, 2.75) is 53.3 Å². The second-order valence-corrected chi connectivity index (χ2v) is 7.64. The van der Waals surface area contributed by atoms with Gasteiger partial charge in [-0.05, 0) is 45.4 Å². The minimum absolute atomic E-state index is 0.271. The molecule has 0 radical (unpaired) electrons. The predicted octanol–water partition coefficient (Wildman–Crippen LogP) is 3.34. The van der Waals surface area contributed by atoms with Crippen molar-refractivity contribution in [2.24, 2.45) is 5.16 Å². The summed E-state index contributed by atoms with van der Waals surface area (Å²) < 4.78 is 16.8. The van der Waals surface area contributed by atoms with E-state index in [0.29, 0.717) is 24.3 Å². The normalized spacial score (nSPS) is 15.6. The zero-order chi connectivity index (χ0) is 22.1. The molecule has 0 spiro atoms. The quantitative estimate of drug-likeness (QED) is 0.658. The number of rotatable bonds is 6. The summed E-state index contributed by atoms with van der Waals surface area (Å²) >= 11 is 0. The monoisotopic (exact) mass is 424 g/mol. The van der Waals surface area contributed by atoms with Crippen LogP contribution in [0.5, 0.6) is 0 Å². The van der Waals surface area contributed by atoms with Gasteiger partial charge in [-0.2, -0.15) is 10.2 Å². The largest absolute Gasteiger partial charge is 0.382 e. The Bertz CT molecular complexity index is 1150. The van der Waals surface area contributed by atoms with Crippen LogP contribution >= 0.6 is 0 Å². The van der Waals surface area contributed by atoms with Gasteiger partial charge in [0.05, 0.1) is 35.0 Å². The number of aromatic nitrogens is 4. The summed E-state index contributed by atoms with van der Waals surface area (Å²) in [5, 5.41) is 16.0. The van der Waals surface area contributed by atoms with E-state index in [4.69, 9.17) is 4.84 Å². The van der Waals surface area contributed by atoms with Gasteiger partial charge in [0, 0.05) is 24.7 Å². The van der Waals surface area contributed by atoms with E-state index in [-0.39, 0.29) is 11.7 Å². The molecule has 0 fully saturated rings. The molecule has 31 heavy (non-hydrogen) atoms. The molecule has 0 bridgehead atoms. The van der Waals surface area contributed by atoms with E-state index in [1.807, 2.05) is 38.6 Å². The zero-order valence-electron chi connectivity index (χ0n) is 18.0. The van der Waals surface area contributed by atoms with Crippen LogP contribution in [0, 0.1) is 26.6 Å². The minimum Gasteiger partial charge on any atom is -0.382 e. The first kappa shape index (κ1) is 20.8. The van der Waals surface area contributed by atoms with Crippen LogP contribution in [0.25, 0.3) is 0 Å². The topological polar surface area (TPSA) is 86.3 Å². The Morgan fingerprint density at radius 2 is 1.94 bits per heavy atom. The lowest BCUT2D eigenvalue weighted by Gasteiger charge is -2.10. The van der Waals surface area contributed by atoms with Crippen molar-refractivity contribution >= 4 is 17.3 Å². The van der Waals surface area contributed by atoms with E-state index >= 15 is 0 Å². The fourth-order valence-electron chi connectivity index (χ4n) is 3.64. The summed E-state index contributed by atoms with van der Waals surface area (Å²) in [6, 6.07) is 6.28. The molecular weight excluding hydrogens is 399 g/mol. The molecule has 3 aromatic rings. The number of hydrogen-bond acceptors (Lipinski definition) is 5. The summed E-state index contributed by atoms with van der Waals surface area (Å²) in [5.74, 6) is -0.549. The van der Waals surface area contributed by atoms with Gasteiger partial charge in [0.2, 0.25) is 6.10 Å². The number of anilines is 1. The van der Waals surface area contributed by atoms with E-state index in [1.165, 1.54) is 12.1 Å². The van der Waals surface area contributed by atoms with Crippen LogP contribution < -0.4 is 5.32 Å². The Hall–Kier alpha value is -3.49. The van der Waals surface area contributed by atoms with Crippen molar-refractivity contribution in [1.82, 2.24) is 19.6 Å². The summed E-state index contributed by atoms with van der Waals surface area (Å²) in [7, 11) is 0. The molecule has 1 N–H and O–H groups in total. The highest BCUT2D eigenvalue weighted by atomic mass is 19.1. The molecule has 162 valence electrons. The van der Waals surface area contributed by atoms with Crippen molar-refractivity contribution in [1.29, 1.82) is 0 Å². The molecule has 1 aliphatic rings. The van der Waals surface area contributed by atoms with Crippen LogP contribution in [-0.4, -0.2) is 37.3 Å². The number of carbonyl (C=O) groups is 1. The number of nitrogens with zero attached hydrogens (tertiary/aromatic N) is 5. The lowest BCUT2D eigenvalue weighted by atomic mass is 10.1. The van der Waals surface area contributed by atoms with Crippen LogP contribution in [0.15, 0.2) is 35.6 Å². The number of aryl methyl sites for hydroxylation is 3. The second-order valence-electron chi connectivity index (χ2n) is 7.64. The highest BCUT2D eigenvalue weighted by Gasteiger charge is 2.31. The molecule has 1 aliphatic heterocycles. The Labute approximate surface area is 179 Å². The fraction of sp³-hybridized carbons (Fsp3) is 0.364. The van der Waals surface area contributed by atoms with Crippen molar-refractivity contribution < 1.29 is 14.0 Å². The van der Waals surface area contributed by atoms with Crippen molar-refractivity contribution in [3.05, 3.63) is 64.5 Å². The molecule has 3 heterocycles. The van der Waals surface area contributed by atoms with Gasteiger partial charge in [0.15, 0.2) is 0 Å². The van der Waals surface area contributed by atoms with E-state index in [0.717, 1.165) is 34.8 Å². The second kappa shape index (κ2) is 8.33. The molecule has 9 heteroatoms. The van der Waals surface area contributed by atoms with Gasteiger partial charge in [-0.1, -0.05) is 17.3 Å². The number of halogens is 1. The molecule has 1 aromatic carbocycles.